The maximum absolute atomic E-state index is 14.0. The second-order valence-electron chi connectivity index (χ2n) is 10.3. The van der Waals surface area contributed by atoms with Crippen LogP contribution in [0.3, 0.4) is 0 Å². The first kappa shape index (κ1) is 32.5. The zero-order valence-electron chi connectivity index (χ0n) is 24.4. The Hall–Kier alpha value is -4.02. The number of halogens is 2. The smallest absolute Gasteiger partial charge is 0.319 e. The number of nitrogens with one attached hydrogen (secondary N) is 1. The van der Waals surface area contributed by atoms with Crippen LogP contribution in [-0.4, -0.2) is 51.3 Å². The van der Waals surface area contributed by atoms with Gasteiger partial charge >= 0.3 is 5.97 Å². The fourth-order valence-corrected chi connectivity index (χ4v) is 4.79. The van der Waals surface area contributed by atoms with E-state index in [2.05, 4.69) is 5.32 Å². The molecule has 3 aromatic rings. The molecule has 0 saturated heterocycles. The van der Waals surface area contributed by atoms with E-state index in [0.717, 1.165) is 27.9 Å². The van der Waals surface area contributed by atoms with Crippen LogP contribution in [0, 0.1) is 12.7 Å². The number of amides is 1. The largest absolute Gasteiger partial charge is 0.496 e. The molecule has 4 rings (SSSR count). The van der Waals surface area contributed by atoms with Crippen molar-refractivity contribution in [3.63, 3.8) is 0 Å². The Morgan fingerprint density at radius 1 is 1.02 bits per heavy atom. The molecule has 1 heterocycles. The number of carbonyl (C=O) groups excluding carboxylic acids is 2. The summed E-state index contributed by atoms with van der Waals surface area (Å²) in [6, 6.07) is 13.8. The number of nitrogens with zero attached hydrogens (tertiary/aromatic N) is 1. The highest BCUT2D eigenvalue weighted by Gasteiger charge is 2.38. The van der Waals surface area contributed by atoms with E-state index in [1.165, 1.54) is 12.1 Å². The van der Waals surface area contributed by atoms with Gasteiger partial charge in [0.05, 0.1) is 38.2 Å². The Morgan fingerprint density at radius 2 is 1.76 bits per heavy atom. The first-order chi connectivity index (χ1) is 19.6. The second kappa shape index (κ2) is 13.8. The van der Waals surface area contributed by atoms with Crippen LogP contribution in [0.1, 0.15) is 31.4 Å². The van der Waals surface area contributed by atoms with Crippen molar-refractivity contribution < 1.29 is 32.9 Å². The first-order valence-corrected chi connectivity index (χ1v) is 13.3. The monoisotopic (exact) mass is 601 g/mol. The lowest BCUT2D eigenvalue weighted by Gasteiger charge is -2.39. The van der Waals surface area contributed by atoms with Crippen LogP contribution in [0.15, 0.2) is 48.5 Å². The second-order valence-corrected chi connectivity index (χ2v) is 10.3. The van der Waals surface area contributed by atoms with E-state index in [-0.39, 0.29) is 38.1 Å². The molecular formula is C31H37ClFN3O6. The Kier molecular flexibility index (Phi) is 10.6. The van der Waals surface area contributed by atoms with Crippen LogP contribution < -0.4 is 30.2 Å². The zero-order valence-corrected chi connectivity index (χ0v) is 25.2. The number of hydrogen-bond donors (Lipinski definition) is 2. The minimum Gasteiger partial charge on any atom is -0.496 e. The van der Waals surface area contributed by atoms with Crippen LogP contribution in [-0.2, 0) is 20.9 Å². The number of nitrogens with two attached hydrogens (primary N) is 1. The van der Waals surface area contributed by atoms with Gasteiger partial charge < -0.3 is 34.9 Å². The van der Waals surface area contributed by atoms with E-state index in [9.17, 15) is 14.0 Å². The third-order valence-electron chi connectivity index (χ3n) is 6.88. The quantitative estimate of drug-likeness (QED) is 0.226. The Labute approximate surface area is 251 Å². The molecule has 9 nitrogen and oxygen atoms in total. The van der Waals surface area contributed by atoms with Gasteiger partial charge in [-0.15, -0.1) is 12.4 Å². The van der Waals surface area contributed by atoms with Crippen molar-refractivity contribution in [3.05, 3.63) is 65.5 Å². The summed E-state index contributed by atoms with van der Waals surface area (Å²) in [5.41, 5.74) is 8.99. The van der Waals surface area contributed by atoms with Crippen molar-refractivity contribution in [2.45, 2.75) is 39.3 Å². The molecule has 0 aliphatic carbocycles. The molecule has 0 aromatic heterocycles. The minimum atomic E-state index is -0.792. The predicted molar refractivity (Wildman–Crippen MR) is 162 cm³/mol. The van der Waals surface area contributed by atoms with Crippen LogP contribution in [0.25, 0.3) is 11.1 Å². The summed E-state index contributed by atoms with van der Waals surface area (Å²) in [4.78, 5) is 26.1. The Bertz CT molecular complexity index is 1450. The van der Waals surface area contributed by atoms with E-state index in [0.29, 0.717) is 36.0 Å². The van der Waals surface area contributed by atoms with Crippen molar-refractivity contribution in [1.29, 1.82) is 0 Å². The summed E-state index contributed by atoms with van der Waals surface area (Å²) in [6.45, 7) is 5.98. The number of carbonyl (C=O) groups is 2. The van der Waals surface area contributed by atoms with Gasteiger partial charge in [-0.05, 0) is 56.2 Å². The maximum Gasteiger partial charge on any atom is 0.319 e. The third-order valence-corrected chi connectivity index (χ3v) is 6.88. The highest BCUT2D eigenvalue weighted by molar-refractivity contribution is 6.08. The van der Waals surface area contributed by atoms with Crippen LogP contribution in [0.4, 0.5) is 15.8 Å². The van der Waals surface area contributed by atoms with Crippen LogP contribution in [0.5, 0.6) is 17.2 Å². The summed E-state index contributed by atoms with van der Waals surface area (Å²) >= 11 is 0. The van der Waals surface area contributed by atoms with Crippen molar-refractivity contribution in [2.75, 3.05) is 44.1 Å². The average molecular weight is 602 g/mol. The number of likely N-dealkylation sites (N-methyl/N-ethyl adjacent to an activating group) is 1. The summed E-state index contributed by atoms with van der Waals surface area (Å²) in [5, 5.41) is 3.34. The van der Waals surface area contributed by atoms with Gasteiger partial charge in [0, 0.05) is 36.7 Å². The topological polar surface area (TPSA) is 112 Å². The van der Waals surface area contributed by atoms with Crippen molar-refractivity contribution >= 4 is 35.7 Å². The normalized spacial score (nSPS) is 13.4. The van der Waals surface area contributed by atoms with E-state index in [1.807, 2.05) is 45.0 Å². The lowest BCUT2D eigenvalue weighted by molar-refractivity contribution is -0.142. The van der Waals surface area contributed by atoms with E-state index in [1.54, 1.807) is 31.2 Å². The van der Waals surface area contributed by atoms with Gasteiger partial charge in [-0.3, -0.25) is 9.59 Å². The van der Waals surface area contributed by atoms with Crippen molar-refractivity contribution in [1.82, 2.24) is 0 Å². The Balaban J connectivity index is 0.00000484. The molecule has 3 N–H and O–H groups in total. The summed E-state index contributed by atoms with van der Waals surface area (Å²) in [6.07, 6.45) is 0.505. The molecule has 0 unspecified atom stereocenters. The minimum absolute atomic E-state index is 0. The molecule has 42 heavy (non-hydrogen) atoms. The number of aryl methyl sites for hydroxylation is 1. The van der Waals surface area contributed by atoms with Crippen LogP contribution in [0.2, 0.25) is 0 Å². The van der Waals surface area contributed by atoms with Gasteiger partial charge in [0.2, 0.25) is 0 Å². The molecule has 1 aliphatic rings. The molecule has 0 atom stereocenters. The van der Waals surface area contributed by atoms with E-state index < -0.39 is 17.3 Å². The number of fused-ring (bicyclic) bond motifs is 1. The SMILES string of the molecule is COc1cc(OCCCOC(=O)CN)ccc1-c1ccc2c(c1COc1cc(F)ccc1C)N(C)C(=O)C(C)(C)N2.Cl. The van der Waals surface area contributed by atoms with Crippen molar-refractivity contribution in [2.24, 2.45) is 5.73 Å². The summed E-state index contributed by atoms with van der Waals surface area (Å²) < 4.78 is 36.7. The standard InChI is InChI=1S/C31H36FN3O6.ClH/c1-19-7-8-20(32)15-26(19)41-18-24-22(11-12-25-29(24)35(4)30(37)31(2,3)34-25)23-10-9-21(16-27(23)38-5)39-13-6-14-40-28(36)17-33;/h7-12,15-16,34H,6,13-14,17-18,33H2,1-5H3;1H. The van der Waals surface area contributed by atoms with Gasteiger partial charge in [-0.25, -0.2) is 4.39 Å². The van der Waals surface area contributed by atoms with Gasteiger partial charge in [-0.2, -0.15) is 0 Å². The zero-order chi connectivity index (χ0) is 29.7. The molecule has 0 saturated carbocycles. The highest BCUT2D eigenvalue weighted by Crippen LogP contribution is 2.45. The number of hydrogen-bond acceptors (Lipinski definition) is 8. The van der Waals surface area contributed by atoms with Gasteiger partial charge in [0.25, 0.3) is 5.91 Å². The van der Waals surface area contributed by atoms with Gasteiger partial charge in [0.15, 0.2) is 0 Å². The number of esters is 1. The van der Waals surface area contributed by atoms with Crippen molar-refractivity contribution in [3.8, 4) is 28.4 Å². The highest BCUT2D eigenvalue weighted by atomic mass is 35.5. The lowest BCUT2D eigenvalue weighted by Crippen LogP contribution is -2.52. The maximum atomic E-state index is 14.0. The fourth-order valence-electron chi connectivity index (χ4n) is 4.79. The number of anilines is 2. The predicted octanol–water partition coefficient (Wildman–Crippen LogP) is 5.25. The lowest BCUT2D eigenvalue weighted by atomic mass is 9.91. The molecule has 0 fully saturated rings. The molecule has 0 spiro atoms. The third kappa shape index (κ3) is 7.06. The van der Waals surface area contributed by atoms with Gasteiger partial charge in [0.1, 0.15) is 35.2 Å². The molecule has 3 aromatic carbocycles. The fraction of sp³-hybridized carbons (Fsp3) is 0.355. The van der Waals surface area contributed by atoms with E-state index in [4.69, 9.17) is 24.7 Å². The number of benzene rings is 3. The number of ether oxygens (including phenoxy) is 4. The van der Waals surface area contributed by atoms with Gasteiger partial charge in [-0.1, -0.05) is 12.1 Å². The van der Waals surface area contributed by atoms with Crippen LogP contribution >= 0.6 is 12.4 Å². The average Bonchev–Trinajstić information content (AvgIpc) is 2.95. The summed E-state index contributed by atoms with van der Waals surface area (Å²) in [5.74, 6) is 0.597. The molecule has 1 amide bonds. The Morgan fingerprint density at radius 3 is 2.48 bits per heavy atom. The summed E-state index contributed by atoms with van der Waals surface area (Å²) in [7, 11) is 3.31. The molecule has 11 heteroatoms. The molecule has 0 bridgehead atoms. The first-order valence-electron chi connectivity index (χ1n) is 13.3. The number of methoxy groups -OCH3 is 1. The number of rotatable bonds is 11. The molecule has 0 radical (unpaired) electrons. The molecule has 1 aliphatic heterocycles. The van der Waals surface area contributed by atoms with E-state index >= 15 is 0 Å². The molecular weight excluding hydrogens is 565 g/mol. The molecule has 226 valence electrons.